The molecule has 0 bridgehead atoms. The van der Waals surface area contributed by atoms with Gasteiger partial charge in [-0.05, 0) is 6.92 Å². The summed E-state index contributed by atoms with van der Waals surface area (Å²) in [4.78, 5) is 0. The number of nitrogens with zero attached hydrogens (tertiary/aromatic N) is 1. The number of nitrogens with two attached hydrogens (primary N) is 1. The van der Waals surface area contributed by atoms with Gasteiger partial charge in [0.2, 0.25) is 6.79 Å². The highest BCUT2D eigenvalue weighted by Crippen LogP contribution is 2.45. The smallest absolute Gasteiger partial charge is 0.231 e. The summed E-state index contributed by atoms with van der Waals surface area (Å²) in [5.41, 5.74) is 8.30. The molecule has 0 fully saturated rings. The molecule has 0 aliphatic carbocycles. The van der Waals surface area contributed by atoms with Crippen LogP contribution in [0.15, 0.2) is 12.3 Å². The highest BCUT2D eigenvalue weighted by atomic mass is 35.5. The van der Waals surface area contributed by atoms with Gasteiger partial charge >= 0.3 is 0 Å². The maximum absolute atomic E-state index is 6.24. The molecule has 0 unspecified atom stereocenters. The topological polar surface area (TPSA) is 73.2 Å². The molecule has 0 saturated carbocycles. The monoisotopic (exact) mass is 251 g/mol. The van der Waals surface area contributed by atoms with Crippen molar-refractivity contribution in [1.29, 1.82) is 0 Å². The molecule has 1 aliphatic rings. The second kappa shape index (κ2) is 3.56. The maximum Gasteiger partial charge on any atom is 0.231 e. The minimum Gasteiger partial charge on any atom is -0.454 e. The summed E-state index contributed by atoms with van der Waals surface area (Å²) in [6, 6.07) is 1.73. The van der Waals surface area contributed by atoms with Gasteiger partial charge < -0.3 is 15.2 Å². The Morgan fingerprint density at radius 3 is 3.00 bits per heavy atom. The number of nitrogens with one attached hydrogen (secondary N) is 1. The van der Waals surface area contributed by atoms with Crippen molar-refractivity contribution in [2.75, 3.05) is 12.5 Å². The first-order chi connectivity index (χ1) is 8.18. The van der Waals surface area contributed by atoms with E-state index in [1.165, 1.54) is 0 Å². The van der Waals surface area contributed by atoms with E-state index in [1.807, 2.05) is 6.92 Å². The Bertz CT molecular complexity index is 595. The number of hydrogen-bond donors (Lipinski definition) is 2. The summed E-state index contributed by atoms with van der Waals surface area (Å²) in [5.74, 6) is 1.86. The van der Waals surface area contributed by atoms with Crippen LogP contribution in [-0.4, -0.2) is 17.0 Å². The molecule has 17 heavy (non-hydrogen) atoms. The number of halogens is 1. The second-order valence-corrected chi connectivity index (χ2v) is 4.20. The van der Waals surface area contributed by atoms with E-state index in [0.717, 1.165) is 16.7 Å². The third-order valence-corrected chi connectivity index (χ3v) is 3.09. The zero-order valence-electron chi connectivity index (χ0n) is 9.08. The van der Waals surface area contributed by atoms with Gasteiger partial charge in [0.05, 0.1) is 11.2 Å². The largest absolute Gasteiger partial charge is 0.454 e. The number of ether oxygens (including phenoxy) is 2. The van der Waals surface area contributed by atoms with Crippen molar-refractivity contribution >= 4 is 17.4 Å². The zero-order valence-corrected chi connectivity index (χ0v) is 9.84. The van der Waals surface area contributed by atoms with E-state index in [4.69, 9.17) is 26.8 Å². The molecule has 0 atom stereocenters. The van der Waals surface area contributed by atoms with Crippen LogP contribution in [-0.2, 0) is 0 Å². The predicted molar refractivity (Wildman–Crippen MR) is 64.3 cm³/mol. The van der Waals surface area contributed by atoms with E-state index in [-0.39, 0.29) is 6.79 Å². The van der Waals surface area contributed by atoms with Crippen LogP contribution in [0.25, 0.3) is 11.1 Å². The number of rotatable bonds is 1. The summed E-state index contributed by atoms with van der Waals surface area (Å²) < 4.78 is 10.7. The van der Waals surface area contributed by atoms with Crippen molar-refractivity contribution in [3.05, 3.63) is 22.8 Å². The molecule has 1 aromatic carbocycles. The van der Waals surface area contributed by atoms with Crippen molar-refractivity contribution in [2.45, 2.75) is 6.92 Å². The standard InChI is InChI=1S/C11H10ClN3O2/c1-5-9(6-3-14-15-11(6)13)7(12)2-8-10(5)17-4-16-8/h2-3H,4H2,1H3,(H3,13,14,15). The van der Waals surface area contributed by atoms with Gasteiger partial charge in [-0.15, -0.1) is 0 Å². The molecule has 0 radical (unpaired) electrons. The lowest BCUT2D eigenvalue weighted by Gasteiger charge is -2.10. The van der Waals surface area contributed by atoms with E-state index in [9.17, 15) is 0 Å². The molecular weight excluding hydrogens is 242 g/mol. The Labute approximate surface area is 102 Å². The molecule has 2 heterocycles. The first-order valence-electron chi connectivity index (χ1n) is 5.06. The van der Waals surface area contributed by atoms with Crippen LogP contribution >= 0.6 is 11.6 Å². The molecule has 0 amide bonds. The number of fused-ring (bicyclic) bond motifs is 1. The lowest BCUT2D eigenvalue weighted by molar-refractivity contribution is 0.173. The van der Waals surface area contributed by atoms with E-state index in [2.05, 4.69) is 10.2 Å². The Morgan fingerprint density at radius 2 is 2.29 bits per heavy atom. The number of H-pyrrole nitrogens is 1. The van der Waals surface area contributed by atoms with Gasteiger partial charge in [-0.25, -0.2) is 0 Å². The number of aromatic nitrogens is 2. The number of hydrogen-bond acceptors (Lipinski definition) is 4. The molecule has 0 saturated heterocycles. The average Bonchev–Trinajstić information content (AvgIpc) is 2.88. The van der Waals surface area contributed by atoms with E-state index in [0.29, 0.717) is 22.3 Å². The molecule has 1 aromatic heterocycles. The van der Waals surface area contributed by atoms with E-state index in [1.54, 1.807) is 12.3 Å². The molecule has 3 rings (SSSR count). The second-order valence-electron chi connectivity index (χ2n) is 3.79. The molecule has 6 heteroatoms. The van der Waals surface area contributed by atoms with Gasteiger partial charge in [0, 0.05) is 22.8 Å². The van der Waals surface area contributed by atoms with Crippen molar-refractivity contribution in [3.63, 3.8) is 0 Å². The quantitative estimate of drug-likeness (QED) is 0.816. The van der Waals surface area contributed by atoms with Gasteiger partial charge in [0.1, 0.15) is 5.82 Å². The van der Waals surface area contributed by atoms with Crippen LogP contribution in [0.5, 0.6) is 11.5 Å². The molecule has 5 nitrogen and oxygen atoms in total. The molecule has 3 N–H and O–H groups in total. The van der Waals surface area contributed by atoms with E-state index >= 15 is 0 Å². The Morgan fingerprint density at radius 1 is 1.47 bits per heavy atom. The number of aromatic amines is 1. The Balaban J connectivity index is 2.28. The van der Waals surface area contributed by atoms with Crippen LogP contribution in [0.4, 0.5) is 5.82 Å². The van der Waals surface area contributed by atoms with E-state index < -0.39 is 0 Å². The summed E-state index contributed by atoms with van der Waals surface area (Å²) >= 11 is 6.24. The van der Waals surface area contributed by atoms with Gasteiger partial charge in [-0.2, -0.15) is 5.10 Å². The number of benzene rings is 1. The van der Waals surface area contributed by atoms with Crippen LogP contribution < -0.4 is 15.2 Å². The van der Waals surface area contributed by atoms with Crippen LogP contribution in [0.2, 0.25) is 5.02 Å². The molecule has 0 spiro atoms. The van der Waals surface area contributed by atoms with Gasteiger partial charge in [0.15, 0.2) is 11.5 Å². The third kappa shape index (κ3) is 1.43. The third-order valence-electron chi connectivity index (χ3n) is 2.79. The fraction of sp³-hybridized carbons (Fsp3) is 0.182. The highest BCUT2D eigenvalue weighted by Gasteiger charge is 2.23. The van der Waals surface area contributed by atoms with Crippen LogP contribution in [0, 0.1) is 6.92 Å². The number of nitrogen functional groups attached to an aromatic ring is 1. The summed E-state index contributed by atoms with van der Waals surface area (Å²) in [7, 11) is 0. The minimum atomic E-state index is 0.219. The van der Waals surface area contributed by atoms with Gasteiger partial charge in [0.25, 0.3) is 0 Å². The summed E-state index contributed by atoms with van der Waals surface area (Å²) in [5, 5.41) is 7.15. The Kier molecular flexibility index (Phi) is 2.16. The SMILES string of the molecule is Cc1c2c(cc(Cl)c1-c1cn[nH]c1N)OCO2. The van der Waals surface area contributed by atoms with Crippen LogP contribution in [0.3, 0.4) is 0 Å². The fourth-order valence-electron chi connectivity index (χ4n) is 1.99. The highest BCUT2D eigenvalue weighted by molar-refractivity contribution is 6.34. The lowest BCUT2D eigenvalue weighted by Crippen LogP contribution is -1.94. The van der Waals surface area contributed by atoms with Crippen molar-refractivity contribution in [3.8, 4) is 22.6 Å². The molecule has 88 valence electrons. The summed E-state index contributed by atoms with van der Waals surface area (Å²) in [6.45, 7) is 2.14. The van der Waals surface area contributed by atoms with Gasteiger partial charge in [-0.3, -0.25) is 5.10 Å². The fourth-order valence-corrected chi connectivity index (χ4v) is 2.34. The zero-order chi connectivity index (χ0) is 12.0. The normalized spacial score (nSPS) is 13.1. The van der Waals surface area contributed by atoms with Crippen molar-refractivity contribution in [1.82, 2.24) is 10.2 Å². The minimum absolute atomic E-state index is 0.219. The number of anilines is 1. The predicted octanol–water partition coefficient (Wildman–Crippen LogP) is 2.35. The molecule has 2 aromatic rings. The lowest BCUT2D eigenvalue weighted by atomic mass is 10.0. The van der Waals surface area contributed by atoms with Crippen molar-refractivity contribution < 1.29 is 9.47 Å². The van der Waals surface area contributed by atoms with Crippen molar-refractivity contribution in [2.24, 2.45) is 0 Å². The Hall–Kier alpha value is -1.88. The summed E-state index contributed by atoms with van der Waals surface area (Å²) in [6.07, 6.45) is 1.64. The molecule has 1 aliphatic heterocycles. The maximum atomic E-state index is 6.24. The van der Waals surface area contributed by atoms with Gasteiger partial charge in [-0.1, -0.05) is 11.6 Å². The van der Waals surface area contributed by atoms with Crippen LogP contribution in [0.1, 0.15) is 5.56 Å². The first-order valence-corrected chi connectivity index (χ1v) is 5.44. The average molecular weight is 252 g/mol. The molecular formula is C11H10ClN3O2. The first kappa shape index (κ1) is 10.3.